The molecule has 0 bridgehead atoms. The van der Waals surface area contributed by atoms with Crippen LogP contribution in [0.1, 0.15) is 0 Å². The van der Waals surface area contributed by atoms with Crippen molar-refractivity contribution in [2.45, 2.75) is 0 Å². The van der Waals surface area contributed by atoms with Gasteiger partial charge in [0, 0.05) is 18.6 Å². The largest absolute Gasteiger partial charge is 0.376 e. The van der Waals surface area contributed by atoms with Gasteiger partial charge in [0.15, 0.2) is 0 Å². The zero-order chi connectivity index (χ0) is 12.8. The molecule has 0 saturated carbocycles. The van der Waals surface area contributed by atoms with Crippen molar-refractivity contribution in [3.8, 4) is 12.1 Å². The van der Waals surface area contributed by atoms with Gasteiger partial charge in [-0.15, -0.1) is 0 Å². The number of hydrogen-bond donors (Lipinski definition) is 1. The van der Waals surface area contributed by atoms with E-state index in [0.29, 0.717) is 5.69 Å². The number of halogens is 1. The van der Waals surface area contributed by atoms with Gasteiger partial charge in [0.05, 0.1) is 11.4 Å². The van der Waals surface area contributed by atoms with Crippen molar-refractivity contribution >= 4 is 33.0 Å². The molecule has 0 heterocycles. The van der Waals surface area contributed by atoms with Crippen LogP contribution in [0, 0.1) is 22.7 Å². The lowest BCUT2D eigenvalue weighted by atomic mass is 10.2. The van der Waals surface area contributed by atoms with E-state index < -0.39 is 0 Å². The second-order valence-electron chi connectivity index (χ2n) is 3.35. The second-order valence-corrected chi connectivity index (χ2v) is 4.27. The first-order chi connectivity index (χ1) is 8.08. The van der Waals surface area contributed by atoms with E-state index in [2.05, 4.69) is 26.5 Å². The highest BCUT2D eigenvalue weighted by Crippen LogP contribution is 2.27. The molecule has 6 heteroatoms. The van der Waals surface area contributed by atoms with E-state index in [1.165, 1.54) is 0 Å². The van der Waals surface area contributed by atoms with Crippen LogP contribution in [0.3, 0.4) is 0 Å². The summed E-state index contributed by atoms with van der Waals surface area (Å²) >= 11 is 3.35. The summed E-state index contributed by atoms with van der Waals surface area (Å²) < 4.78 is 0.885. The SMILES string of the molecule is CN(C)c1ccc(Br)cc1NN=C(C#N)C#N. The molecule has 0 amide bonds. The minimum Gasteiger partial charge on any atom is -0.376 e. The average molecular weight is 292 g/mol. The molecule has 1 aromatic rings. The Kier molecular flexibility index (Phi) is 4.50. The molecule has 1 N–H and O–H groups in total. The van der Waals surface area contributed by atoms with Crippen molar-refractivity contribution < 1.29 is 0 Å². The Morgan fingerprint density at radius 1 is 1.35 bits per heavy atom. The molecule has 1 rings (SSSR count). The monoisotopic (exact) mass is 291 g/mol. The molecule has 5 nitrogen and oxygen atoms in total. The zero-order valence-electron chi connectivity index (χ0n) is 9.40. The van der Waals surface area contributed by atoms with Gasteiger partial charge in [0.1, 0.15) is 12.1 Å². The quantitative estimate of drug-likeness (QED) is 0.685. The molecule has 0 aliphatic heterocycles. The van der Waals surface area contributed by atoms with Crippen molar-refractivity contribution in [3.05, 3.63) is 22.7 Å². The number of nitrogens with one attached hydrogen (secondary N) is 1. The lowest BCUT2D eigenvalue weighted by Gasteiger charge is -2.16. The van der Waals surface area contributed by atoms with E-state index >= 15 is 0 Å². The van der Waals surface area contributed by atoms with E-state index in [1.54, 1.807) is 12.1 Å². The van der Waals surface area contributed by atoms with Gasteiger partial charge in [-0.1, -0.05) is 15.9 Å². The number of rotatable bonds is 3. The summed E-state index contributed by atoms with van der Waals surface area (Å²) in [6.45, 7) is 0. The third-order valence-electron chi connectivity index (χ3n) is 1.94. The van der Waals surface area contributed by atoms with Crippen molar-refractivity contribution in [2.75, 3.05) is 24.4 Å². The van der Waals surface area contributed by atoms with E-state index in [0.717, 1.165) is 10.2 Å². The van der Waals surface area contributed by atoms with Gasteiger partial charge in [-0.3, -0.25) is 5.43 Å². The third kappa shape index (κ3) is 3.47. The van der Waals surface area contributed by atoms with Gasteiger partial charge in [0.25, 0.3) is 0 Å². The molecule has 0 atom stereocenters. The van der Waals surface area contributed by atoms with Crippen LogP contribution < -0.4 is 10.3 Å². The standard InChI is InChI=1S/C11H10BrN5/c1-17(2)11-4-3-8(12)5-10(11)16-15-9(6-13)7-14/h3-5,16H,1-2H3. The van der Waals surface area contributed by atoms with Gasteiger partial charge in [-0.2, -0.15) is 15.6 Å². The lowest BCUT2D eigenvalue weighted by molar-refractivity contribution is 1.12. The van der Waals surface area contributed by atoms with Crippen LogP contribution >= 0.6 is 15.9 Å². The lowest BCUT2D eigenvalue weighted by Crippen LogP contribution is -2.11. The molecule has 0 saturated heterocycles. The molecule has 0 fully saturated rings. The fraction of sp³-hybridized carbons (Fsp3) is 0.182. The Bertz CT molecular complexity index is 506. The third-order valence-corrected chi connectivity index (χ3v) is 2.43. The number of anilines is 2. The Morgan fingerprint density at radius 2 is 2.00 bits per heavy atom. The smallest absolute Gasteiger partial charge is 0.237 e. The van der Waals surface area contributed by atoms with E-state index in [4.69, 9.17) is 10.5 Å². The van der Waals surface area contributed by atoms with Gasteiger partial charge < -0.3 is 4.90 Å². The maximum absolute atomic E-state index is 8.57. The van der Waals surface area contributed by atoms with Crippen molar-refractivity contribution in [1.29, 1.82) is 10.5 Å². The van der Waals surface area contributed by atoms with Crippen LogP contribution in [0.4, 0.5) is 11.4 Å². The summed E-state index contributed by atoms with van der Waals surface area (Å²) in [5, 5.41) is 20.9. The van der Waals surface area contributed by atoms with Gasteiger partial charge in [-0.25, -0.2) is 0 Å². The summed E-state index contributed by atoms with van der Waals surface area (Å²) in [5.41, 5.74) is 4.12. The number of nitrogens with zero attached hydrogens (tertiary/aromatic N) is 4. The van der Waals surface area contributed by atoms with Crippen LogP contribution in [-0.2, 0) is 0 Å². The minimum atomic E-state index is -0.213. The molecule has 1 aromatic carbocycles. The van der Waals surface area contributed by atoms with Crippen LogP contribution in [0.15, 0.2) is 27.8 Å². The summed E-state index contributed by atoms with van der Waals surface area (Å²) in [6, 6.07) is 9.00. The van der Waals surface area contributed by atoms with Crippen molar-refractivity contribution in [1.82, 2.24) is 0 Å². The first-order valence-electron chi connectivity index (χ1n) is 4.69. The van der Waals surface area contributed by atoms with Gasteiger partial charge >= 0.3 is 0 Å². The van der Waals surface area contributed by atoms with Gasteiger partial charge in [0.2, 0.25) is 5.71 Å². The van der Waals surface area contributed by atoms with Crippen LogP contribution in [0.5, 0.6) is 0 Å². The molecule has 86 valence electrons. The molecule has 0 radical (unpaired) electrons. The molecule has 0 aromatic heterocycles. The Hall–Kier alpha value is -2.05. The molecule has 0 unspecified atom stereocenters. The molecule has 17 heavy (non-hydrogen) atoms. The molecular weight excluding hydrogens is 282 g/mol. The van der Waals surface area contributed by atoms with Gasteiger partial charge in [-0.05, 0) is 18.2 Å². The van der Waals surface area contributed by atoms with Crippen molar-refractivity contribution in [3.63, 3.8) is 0 Å². The summed E-state index contributed by atoms with van der Waals surface area (Å²) in [7, 11) is 3.79. The number of nitriles is 2. The molecule has 0 aliphatic rings. The topological polar surface area (TPSA) is 75.2 Å². The summed E-state index contributed by atoms with van der Waals surface area (Å²) in [5.74, 6) is 0. The Labute approximate surface area is 108 Å². The van der Waals surface area contributed by atoms with E-state index in [1.807, 2.05) is 37.2 Å². The highest BCUT2D eigenvalue weighted by Gasteiger charge is 2.05. The van der Waals surface area contributed by atoms with E-state index in [9.17, 15) is 0 Å². The van der Waals surface area contributed by atoms with E-state index in [-0.39, 0.29) is 5.71 Å². The highest BCUT2D eigenvalue weighted by atomic mass is 79.9. The van der Waals surface area contributed by atoms with Crippen LogP contribution in [-0.4, -0.2) is 19.8 Å². The summed E-state index contributed by atoms with van der Waals surface area (Å²) in [6.07, 6.45) is 0. The van der Waals surface area contributed by atoms with Crippen molar-refractivity contribution in [2.24, 2.45) is 5.10 Å². The normalized spacial score (nSPS) is 8.76. The summed E-state index contributed by atoms with van der Waals surface area (Å²) in [4.78, 5) is 1.91. The number of benzene rings is 1. The maximum atomic E-state index is 8.57. The number of hydrogen-bond acceptors (Lipinski definition) is 5. The highest BCUT2D eigenvalue weighted by molar-refractivity contribution is 9.10. The predicted molar refractivity (Wildman–Crippen MR) is 70.8 cm³/mol. The first kappa shape index (κ1) is 13.0. The Balaban J connectivity index is 3.06. The van der Waals surface area contributed by atoms with Crippen LogP contribution in [0.2, 0.25) is 0 Å². The average Bonchev–Trinajstić information content (AvgIpc) is 2.30. The number of hydrazone groups is 1. The second kappa shape index (κ2) is 5.88. The first-order valence-corrected chi connectivity index (χ1v) is 5.48. The molecule has 0 spiro atoms. The zero-order valence-corrected chi connectivity index (χ0v) is 11.0. The molecule has 0 aliphatic carbocycles. The Morgan fingerprint density at radius 3 is 2.53 bits per heavy atom. The predicted octanol–water partition coefficient (Wildman–Crippen LogP) is 2.33. The molecular formula is C11H10BrN5. The minimum absolute atomic E-state index is 0.213. The fourth-order valence-corrected chi connectivity index (χ4v) is 1.54. The fourth-order valence-electron chi connectivity index (χ4n) is 1.18. The maximum Gasteiger partial charge on any atom is 0.237 e. The van der Waals surface area contributed by atoms with Crippen LogP contribution in [0.25, 0.3) is 0 Å².